The third-order valence-corrected chi connectivity index (χ3v) is 2.79. The number of benzene rings is 1. The van der Waals surface area contributed by atoms with Crippen LogP contribution in [0, 0.1) is 0 Å². The van der Waals surface area contributed by atoms with Crippen molar-refractivity contribution in [1.82, 2.24) is 4.90 Å². The van der Waals surface area contributed by atoms with Gasteiger partial charge in [0.05, 0.1) is 0 Å². The molecule has 1 aromatic carbocycles. The summed E-state index contributed by atoms with van der Waals surface area (Å²) in [6.45, 7) is 4.05. The lowest BCUT2D eigenvalue weighted by molar-refractivity contribution is 0.246. The van der Waals surface area contributed by atoms with Crippen LogP contribution in [0.2, 0.25) is 0 Å². The molecule has 0 aliphatic rings. The minimum Gasteiger partial charge on any atom is -0.329 e. The largest absolute Gasteiger partial charge is 0.329 e. The molecule has 0 heterocycles. The Morgan fingerprint density at radius 3 is 2.47 bits per heavy atom. The van der Waals surface area contributed by atoms with Gasteiger partial charge in [0.1, 0.15) is 0 Å². The Balaban J connectivity index is 2.53. The number of rotatable bonds is 6. The fourth-order valence-corrected chi connectivity index (χ4v) is 1.84. The molecule has 0 radical (unpaired) electrons. The predicted molar refractivity (Wildman–Crippen MR) is 65.9 cm³/mol. The van der Waals surface area contributed by atoms with E-state index in [0.717, 1.165) is 19.5 Å². The van der Waals surface area contributed by atoms with Crippen LogP contribution in [0.5, 0.6) is 0 Å². The summed E-state index contributed by atoms with van der Waals surface area (Å²) >= 11 is 0. The average molecular weight is 206 g/mol. The van der Waals surface area contributed by atoms with Crippen molar-refractivity contribution in [1.29, 1.82) is 0 Å². The lowest BCUT2D eigenvalue weighted by atomic mass is 10.1. The molecule has 0 aliphatic heterocycles. The van der Waals surface area contributed by atoms with E-state index in [-0.39, 0.29) is 0 Å². The average Bonchev–Trinajstić information content (AvgIpc) is 2.27. The van der Waals surface area contributed by atoms with Gasteiger partial charge in [-0.3, -0.25) is 0 Å². The molecule has 1 atom stereocenters. The first-order chi connectivity index (χ1) is 7.27. The van der Waals surface area contributed by atoms with Crippen LogP contribution in [0.3, 0.4) is 0 Å². The van der Waals surface area contributed by atoms with Gasteiger partial charge in [-0.05, 0) is 32.0 Å². The summed E-state index contributed by atoms with van der Waals surface area (Å²) in [7, 11) is 2.16. The van der Waals surface area contributed by atoms with E-state index in [2.05, 4.69) is 49.2 Å². The molecule has 1 rings (SSSR count). The highest BCUT2D eigenvalue weighted by atomic mass is 15.1. The van der Waals surface area contributed by atoms with Gasteiger partial charge in [-0.1, -0.05) is 37.3 Å². The van der Waals surface area contributed by atoms with Gasteiger partial charge in [-0.25, -0.2) is 0 Å². The smallest absolute Gasteiger partial charge is 0.0255 e. The molecule has 0 saturated heterocycles. The normalized spacial score (nSPS) is 13.1. The molecular weight excluding hydrogens is 184 g/mol. The Hall–Kier alpha value is -0.860. The fourth-order valence-electron chi connectivity index (χ4n) is 1.84. The zero-order valence-corrected chi connectivity index (χ0v) is 9.82. The molecule has 0 fully saturated rings. The van der Waals surface area contributed by atoms with Gasteiger partial charge >= 0.3 is 0 Å². The lowest BCUT2D eigenvalue weighted by Crippen LogP contribution is -2.39. The van der Waals surface area contributed by atoms with Crippen LogP contribution in [-0.2, 0) is 6.42 Å². The topological polar surface area (TPSA) is 29.3 Å². The van der Waals surface area contributed by atoms with Crippen molar-refractivity contribution in [2.75, 3.05) is 20.1 Å². The predicted octanol–water partition coefficient (Wildman–Crippen LogP) is 1.90. The second kappa shape index (κ2) is 6.59. The van der Waals surface area contributed by atoms with E-state index in [4.69, 9.17) is 5.73 Å². The minimum atomic E-state index is 0.465. The minimum absolute atomic E-state index is 0.465. The van der Waals surface area contributed by atoms with E-state index in [0.29, 0.717) is 6.04 Å². The van der Waals surface area contributed by atoms with Crippen molar-refractivity contribution in [3.05, 3.63) is 35.9 Å². The standard InChI is InChI=1S/C13H22N2/c1-3-9-15(2)13(11-14)10-12-7-5-4-6-8-12/h4-8,13H,3,9-11,14H2,1-2H3. The Bertz CT molecular complexity index is 258. The molecule has 0 spiro atoms. The molecular formula is C13H22N2. The zero-order valence-electron chi connectivity index (χ0n) is 9.82. The second-order valence-corrected chi connectivity index (χ2v) is 4.06. The summed E-state index contributed by atoms with van der Waals surface area (Å²) < 4.78 is 0. The summed E-state index contributed by atoms with van der Waals surface area (Å²) in [5.41, 5.74) is 7.18. The highest BCUT2D eigenvalue weighted by molar-refractivity contribution is 5.16. The van der Waals surface area contributed by atoms with Crippen LogP contribution in [0.15, 0.2) is 30.3 Å². The van der Waals surface area contributed by atoms with E-state index >= 15 is 0 Å². The number of hydrogen-bond donors (Lipinski definition) is 1. The first kappa shape index (κ1) is 12.2. The molecule has 1 unspecified atom stereocenters. The van der Waals surface area contributed by atoms with Gasteiger partial charge in [0.2, 0.25) is 0 Å². The number of likely N-dealkylation sites (N-methyl/N-ethyl adjacent to an activating group) is 1. The molecule has 2 N–H and O–H groups in total. The SMILES string of the molecule is CCCN(C)C(CN)Cc1ccccc1. The van der Waals surface area contributed by atoms with Crippen LogP contribution >= 0.6 is 0 Å². The first-order valence-corrected chi connectivity index (χ1v) is 5.72. The van der Waals surface area contributed by atoms with E-state index < -0.39 is 0 Å². The van der Waals surface area contributed by atoms with Crippen molar-refractivity contribution < 1.29 is 0 Å². The zero-order chi connectivity index (χ0) is 11.1. The molecule has 0 amide bonds. The fraction of sp³-hybridized carbons (Fsp3) is 0.538. The van der Waals surface area contributed by atoms with Crippen LogP contribution in [0.25, 0.3) is 0 Å². The molecule has 2 heteroatoms. The molecule has 0 aromatic heterocycles. The van der Waals surface area contributed by atoms with Crippen molar-refractivity contribution in [2.45, 2.75) is 25.8 Å². The maximum absolute atomic E-state index is 5.81. The molecule has 0 aliphatic carbocycles. The summed E-state index contributed by atoms with van der Waals surface area (Å²) in [6.07, 6.45) is 2.23. The third kappa shape index (κ3) is 4.02. The van der Waals surface area contributed by atoms with Gasteiger partial charge < -0.3 is 10.6 Å². The van der Waals surface area contributed by atoms with Crippen molar-refractivity contribution in [3.63, 3.8) is 0 Å². The quantitative estimate of drug-likeness (QED) is 0.770. The maximum Gasteiger partial charge on any atom is 0.0255 e. The van der Waals surface area contributed by atoms with E-state index in [1.54, 1.807) is 0 Å². The molecule has 0 bridgehead atoms. The maximum atomic E-state index is 5.81. The van der Waals surface area contributed by atoms with Gasteiger partial charge in [-0.2, -0.15) is 0 Å². The van der Waals surface area contributed by atoms with Crippen LogP contribution in [-0.4, -0.2) is 31.1 Å². The Kier molecular flexibility index (Phi) is 5.37. The Morgan fingerprint density at radius 2 is 1.93 bits per heavy atom. The Morgan fingerprint density at radius 1 is 1.27 bits per heavy atom. The highest BCUT2D eigenvalue weighted by Crippen LogP contribution is 2.07. The molecule has 0 saturated carbocycles. The van der Waals surface area contributed by atoms with Crippen LogP contribution < -0.4 is 5.73 Å². The van der Waals surface area contributed by atoms with Crippen LogP contribution in [0.1, 0.15) is 18.9 Å². The highest BCUT2D eigenvalue weighted by Gasteiger charge is 2.12. The second-order valence-electron chi connectivity index (χ2n) is 4.06. The summed E-state index contributed by atoms with van der Waals surface area (Å²) in [4.78, 5) is 2.35. The molecule has 84 valence electrons. The van der Waals surface area contributed by atoms with Gasteiger partial charge in [0.15, 0.2) is 0 Å². The van der Waals surface area contributed by atoms with Gasteiger partial charge in [0, 0.05) is 12.6 Å². The first-order valence-electron chi connectivity index (χ1n) is 5.72. The Labute approximate surface area is 93.1 Å². The summed E-state index contributed by atoms with van der Waals surface area (Å²) in [5, 5.41) is 0. The number of nitrogens with zero attached hydrogens (tertiary/aromatic N) is 1. The molecule has 2 nitrogen and oxygen atoms in total. The van der Waals surface area contributed by atoms with Crippen molar-refractivity contribution >= 4 is 0 Å². The molecule has 1 aromatic rings. The van der Waals surface area contributed by atoms with Gasteiger partial charge in [0.25, 0.3) is 0 Å². The van der Waals surface area contributed by atoms with Crippen molar-refractivity contribution in [2.24, 2.45) is 5.73 Å². The van der Waals surface area contributed by atoms with Gasteiger partial charge in [-0.15, -0.1) is 0 Å². The summed E-state index contributed by atoms with van der Waals surface area (Å²) in [6, 6.07) is 11.0. The monoisotopic (exact) mass is 206 g/mol. The number of nitrogens with two attached hydrogens (primary N) is 1. The van der Waals surface area contributed by atoms with E-state index in [9.17, 15) is 0 Å². The summed E-state index contributed by atoms with van der Waals surface area (Å²) in [5.74, 6) is 0. The molecule has 15 heavy (non-hydrogen) atoms. The van der Waals surface area contributed by atoms with E-state index in [1.165, 1.54) is 12.0 Å². The van der Waals surface area contributed by atoms with Crippen molar-refractivity contribution in [3.8, 4) is 0 Å². The van der Waals surface area contributed by atoms with E-state index in [1.807, 2.05) is 0 Å². The lowest BCUT2D eigenvalue weighted by Gasteiger charge is -2.26. The number of hydrogen-bond acceptors (Lipinski definition) is 2. The van der Waals surface area contributed by atoms with Crippen LogP contribution in [0.4, 0.5) is 0 Å². The third-order valence-electron chi connectivity index (χ3n) is 2.79.